The van der Waals surface area contributed by atoms with Crippen LogP contribution in [0, 0.1) is 0 Å². The minimum absolute atomic E-state index is 0.0649. The summed E-state index contributed by atoms with van der Waals surface area (Å²) in [6.07, 6.45) is 7.15. The van der Waals surface area contributed by atoms with Crippen LogP contribution < -0.4 is 16.4 Å². The molecule has 0 spiro atoms. The van der Waals surface area contributed by atoms with E-state index in [1.165, 1.54) is 0 Å². The molecule has 0 aromatic carbocycles. The second kappa shape index (κ2) is 8.36. The second-order valence-electron chi connectivity index (χ2n) is 5.33. The number of urea groups is 1. The largest absolute Gasteiger partial charge is 0.394 e. The highest BCUT2D eigenvalue weighted by molar-refractivity contribution is 7.98. The van der Waals surface area contributed by atoms with Crippen LogP contribution >= 0.6 is 11.8 Å². The number of primary amides is 1. The van der Waals surface area contributed by atoms with Gasteiger partial charge in [0, 0.05) is 0 Å². The van der Waals surface area contributed by atoms with Crippen molar-refractivity contribution in [2.75, 3.05) is 18.6 Å². The zero-order chi connectivity index (χ0) is 15.0. The fourth-order valence-corrected chi connectivity index (χ4v) is 3.05. The lowest BCUT2D eigenvalue weighted by atomic mass is 9.82. The van der Waals surface area contributed by atoms with Gasteiger partial charge in [0.25, 0.3) is 0 Å². The van der Waals surface area contributed by atoms with Crippen molar-refractivity contribution in [3.63, 3.8) is 0 Å². The van der Waals surface area contributed by atoms with E-state index in [-0.39, 0.29) is 12.5 Å². The summed E-state index contributed by atoms with van der Waals surface area (Å²) >= 11 is 1.60. The molecule has 1 fully saturated rings. The molecular weight excluding hydrogens is 278 g/mol. The van der Waals surface area contributed by atoms with Crippen LogP contribution in [0.3, 0.4) is 0 Å². The maximum absolute atomic E-state index is 12.3. The Hall–Kier alpha value is -0.950. The van der Waals surface area contributed by atoms with E-state index in [4.69, 9.17) is 5.73 Å². The number of carbonyl (C=O) groups is 2. The molecule has 1 rings (SSSR count). The van der Waals surface area contributed by atoms with E-state index in [0.29, 0.717) is 6.42 Å². The Bertz CT molecular complexity index is 333. The molecule has 1 saturated carbocycles. The number of thioether (sulfide) groups is 1. The number of rotatable bonds is 7. The van der Waals surface area contributed by atoms with Crippen LogP contribution in [0.4, 0.5) is 4.79 Å². The molecule has 1 atom stereocenters. The first kappa shape index (κ1) is 17.1. The smallest absolute Gasteiger partial charge is 0.312 e. The zero-order valence-electron chi connectivity index (χ0n) is 12.0. The van der Waals surface area contributed by atoms with Crippen LogP contribution in [-0.4, -0.2) is 47.2 Å². The van der Waals surface area contributed by atoms with Crippen LogP contribution in [0.25, 0.3) is 0 Å². The molecule has 1 aliphatic carbocycles. The van der Waals surface area contributed by atoms with Crippen molar-refractivity contribution in [2.45, 2.75) is 50.1 Å². The Morgan fingerprint density at radius 2 is 2.00 bits per heavy atom. The Morgan fingerprint density at radius 1 is 1.35 bits per heavy atom. The molecule has 0 aliphatic heterocycles. The average Bonchev–Trinajstić information content (AvgIpc) is 2.44. The molecule has 1 aliphatic rings. The van der Waals surface area contributed by atoms with Crippen LogP contribution in [0.1, 0.15) is 38.5 Å². The van der Waals surface area contributed by atoms with E-state index in [1.54, 1.807) is 11.8 Å². The van der Waals surface area contributed by atoms with Gasteiger partial charge >= 0.3 is 6.03 Å². The van der Waals surface area contributed by atoms with E-state index >= 15 is 0 Å². The summed E-state index contributed by atoms with van der Waals surface area (Å²) in [4.78, 5) is 23.3. The molecule has 116 valence electrons. The van der Waals surface area contributed by atoms with Gasteiger partial charge in [-0.3, -0.25) is 4.79 Å². The number of nitrogens with two attached hydrogens (primary N) is 1. The predicted molar refractivity (Wildman–Crippen MR) is 80.6 cm³/mol. The van der Waals surface area contributed by atoms with Crippen molar-refractivity contribution in [3.05, 3.63) is 0 Å². The molecule has 7 heteroatoms. The Morgan fingerprint density at radius 3 is 2.50 bits per heavy atom. The monoisotopic (exact) mass is 303 g/mol. The molecule has 0 heterocycles. The minimum Gasteiger partial charge on any atom is -0.394 e. The highest BCUT2D eigenvalue weighted by Gasteiger charge is 2.34. The lowest BCUT2D eigenvalue weighted by Gasteiger charge is -2.37. The summed E-state index contributed by atoms with van der Waals surface area (Å²) in [5.41, 5.74) is 4.58. The molecule has 0 bridgehead atoms. The first-order valence-electron chi connectivity index (χ1n) is 7.01. The molecular formula is C13H25N3O3S. The van der Waals surface area contributed by atoms with Gasteiger partial charge in [0.05, 0.1) is 12.1 Å². The first-order chi connectivity index (χ1) is 9.53. The van der Waals surface area contributed by atoms with Crippen LogP contribution in [-0.2, 0) is 4.79 Å². The zero-order valence-corrected chi connectivity index (χ0v) is 12.8. The summed E-state index contributed by atoms with van der Waals surface area (Å²) < 4.78 is 0. The van der Waals surface area contributed by atoms with Gasteiger partial charge in [-0.25, -0.2) is 4.79 Å². The Labute approximate surface area is 124 Å². The van der Waals surface area contributed by atoms with Crippen molar-refractivity contribution >= 4 is 23.7 Å². The number of amides is 3. The molecule has 0 aromatic heterocycles. The topological polar surface area (TPSA) is 104 Å². The van der Waals surface area contributed by atoms with Crippen molar-refractivity contribution < 1.29 is 14.7 Å². The summed E-state index contributed by atoms with van der Waals surface area (Å²) in [7, 11) is 0. The molecule has 3 amide bonds. The lowest BCUT2D eigenvalue weighted by Crippen LogP contribution is -2.58. The van der Waals surface area contributed by atoms with Gasteiger partial charge < -0.3 is 21.5 Å². The summed E-state index contributed by atoms with van der Waals surface area (Å²) in [5, 5.41) is 15.0. The fraction of sp³-hybridized carbons (Fsp3) is 0.846. The van der Waals surface area contributed by atoms with Crippen molar-refractivity contribution in [1.29, 1.82) is 0 Å². The molecule has 1 unspecified atom stereocenters. The average molecular weight is 303 g/mol. The van der Waals surface area contributed by atoms with Gasteiger partial charge in [0.1, 0.15) is 6.04 Å². The van der Waals surface area contributed by atoms with Crippen molar-refractivity contribution in [3.8, 4) is 0 Å². The van der Waals surface area contributed by atoms with E-state index in [1.807, 2.05) is 6.26 Å². The second-order valence-corrected chi connectivity index (χ2v) is 6.32. The normalized spacial score (nSPS) is 19.1. The van der Waals surface area contributed by atoms with Crippen molar-refractivity contribution in [1.82, 2.24) is 10.6 Å². The maximum atomic E-state index is 12.3. The first-order valence-corrected chi connectivity index (χ1v) is 8.40. The molecule has 6 nitrogen and oxygen atoms in total. The standard InChI is InChI=1S/C13H25N3O3S/c1-20-8-5-10(15-12(14)19)11(18)16-13(9-17)6-3-2-4-7-13/h10,17H,2-9H2,1H3,(H,16,18)(H3,14,15,19). The van der Waals surface area contributed by atoms with Crippen LogP contribution in [0.2, 0.25) is 0 Å². The molecule has 20 heavy (non-hydrogen) atoms. The number of carbonyl (C=O) groups excluding carboxylic acids is 2. The highest BCUT2D eigenvalue weighted by atomic mass is 32.2. The summed E-state index contributed by atoms with van der Waals surface area (Å²) in [6, 6.07) is -1.33. The Balaban J connectivity index is 2.64. The van der Waals surface area contributed by atoms with Gasteiger partial charge in [-0.2, -0.15) is 11.8 Å². The lowest BCUT2D eigenvalue weighted by molar-refractivity contribution is -0.126. The number of aliphatic hydroxyl groups is 1. The van der Waals surface area contributed by atoms with Gasteiger partial charge in [-0.1, -0.05) is 19.3 Å². The number of hydrogen-bond acceptors (Lipinski definition) is 4. The highest BCUT2D eigenvalue weighted by Crippen LogP contribution is 2.27. The van der Waals surface area contributed by atoms with Crippen LogP contribution in [0.5, 0.6) is 0 Å². The number of nitrogens with one attached hydrogen (secondary N) is 2. The molecule has 0 aromatic rings. The van der Waals surface area contributed by atoms with Gasteiger partial charge in [0.2, 0.25) is 5.91 Å². The SMILES string of the molecule is CSCCC(NC(N)=O)C(=O)NC1(CO)CCCCC1. The van der Waals surface area contributed by atoms with Crippen molar-refractivity contribution in [2.24, 2.45) is 5.73 Å². The summed E-state index contributed by atoms with van der Waals surface area (Å²) in [6.45, 7) is -0.0649. The predicted octanol–water partition coefficient (Wildman–Crippen LogP) is 0.588. The fourth-order valence-electron chi connectivity index (χ4n) is 2.58. The van der Waals surface area contributed by atoms with Crippen LogP contribution in [0.15, 0.2) is 0 Å². The molecule has 0 saturated heterocycles. The Kier molecular flexibility index (Phi) is 7.15. The van der Waals surface area contributed by atoms with E-state index in [0.717, 1.165) is 37.9 Å². The minimum atomic E-state index is -0.701. The molecule has 0 radical (unpaired) electrons. The third-order valence-corrected chi connectivity index (χ3v) is 4.39. The number of aliphatic hydroxyl groups excluding tert-OH is 1. The van der Waals surface area contributed by atoms with E-state index < -0.39 is 17.6 Å². The van der Waals surface area contributed by atoms with E-state index in [2.05, 4.69) is 10.6 Å². The third-order valence-electron chi connectivity index (χ3n) is 3.75. The van der Waals surface area contributed by atoms with Gasteiger partial charge in [-0.15, -0.1) is 0 Å². The maximum Gasteiger partial charge on any atom is 0.312 e. The molecule has 5 N–H and O–H groups in total. The van der Waals surface area contributed by atoms with Gasteiger partial charge in [0.15, 0.2) is 0 Å². The van der Waals surface area contributed by atoms with E-state index in [9.17, 15) is 14.7 Å². The third kappa shape index (κ3) is 5.20. The quantitative estimate of drug-likeness (QED) is 0.552. The number of hydrogen-bond donors (Lipinski definition) is 4. The summed E-state index contributed by atoms with van der Waals surface area (Å²) in [5.74, 6) is 0.499. The van der Waals surface area contributed by atoms with Gasteiger partial charge in [-0.05, 0) is 31.3 Å².